The molecule has 0 saturated carbocycles. The lowest BCUT2D eigenvalue weighted by molar-refractivity contribution is -0.147. The Labute approximate surface area is 292 Å². The third-order valence-corrected chi connectivity index (χ3v) is 8.73. The van der Waals surface area contributed by atoms with Gasteiger partial charge < -0.3 is 23.8 Å². The third kappa shape index (κ3) is 6.89. The van der Waals surface area contributed by atoms with Gasteiger partial charge in [0.05, 0.1) is 23.7 Å². The van der Waals surface area contributed by atoms with Gasteiger partial charge in [-0.2, -0.15) is 0 Å². The number of aromatic amines is 1. The van der Waals surface area contributed by atoms with Crippen LogP contribution in [0.4, 0.5) is 22.4 Å². The van der Waals surface area contributed by atoms with Gasteiger partial charge in [0.25, 0.3) is 0 Å². The van der Waals surface area contributed by atoms with Gasteiger partial charge >= 0.3 is 12.1 Å². The molecule has 1 aliphatic rings. The summed E-state index contributed by atoms with van der Waals surface area (Å²) < 4.78 is 80.5. The molecular weight excluding hydrogens is 668 g/mol. The highest BCUT2D eigenvalue weighted by Gasteiger charge is 2.40. The van der Waals surface area contributed by atoms with Crippen LogP contribution in [0.15, 0.2) is 54.7 Å². The second kappa shape index (κ2) is 13.8. The number of amides is 1. The van der Waals surface area contributed by atoms with Crippen molar-refractivity contribution in [3.63, 3.8) is 0 Å². The van der Waals surface area contributed by atoms with E-state index in [1.165, 1.54) is 35.4 Å². The van der Waals surface area contributed by atoms with Crippen LogP contribution in [0.3, 0.4) is 0 Å². The minimum atomic E-state index is -1.10. The first-order valence-electron chi connectivity index (χ1n) is 16.6. The highest BCUT2D eigenvalue weighted by Crippen LogP contribution is 2.40. The summed E-state index contributed by atoms with van der Waals surface area (Å²) in [4.78, 5) is 34.9. The van der Waals surface area contributed by atoms with E-state index in [1.54, 1.807) is 58.2 Å². The number of ether oxygens (including phenoxy) is 3. The number of hydrogen-bond acceptors (Lipinski definition) is 6. The van der Waals surface area contributed by atoms with Gasteiger partial charge in [-0.25, -0.2) is 27.3 Å². The second-order valence-corrected chi connectivity index (χ2v) is 13.5. The van der Waals surface area contributed by atoms with Crippen molar-refractivity contribution in [2.75, 3.05) is 13.2 Å². The first-order valence-corrected chi connectivity index (χ1v) is 16.6. The average Bonchev–Trinajstić information content (AvgIpc) is 3.68. The average molecular weight is 707 g/mol. The van der Waals surface area contributed by atoms with Crippen molar-refractivity contribution in [3.05, 3.63) is 101 Å². The molecule has 268 valence electrons. The van der Waals surface area contributed by atoms with Crippen LogP contribution in [0, 0.1) is 36.1 Å². The van der Waals surface area contributed by atoms with Crippen LogP contribution >= 0.6 is 0 Å². The topological polar surface area (TPSA) is 98.7 Å². The van der Waals surface area contributed by atoms with Gasteiger partial charge in [0.2, 0.25) is 0 Å². The lowest BCUT2D eigenvalue weighted by Crippen LogP contribution is -2.45. The number of fused-ring (bicyclic) bond motifs is 2. The van der Waals surface area contributed by atoms with E-state index < -0.39 is 58.6 Å². The SMILES string of the molecule is CCOC(=O)C(C)Cc1cccc(C2c3nc(-c4cc(Oc5c(F)cc6[nH]ccc6c5F)ccc4F)c(C)n3CCN2C(=O)OC(C)(C)C)c1F. The molecule has 1 N–H and O–H groups in total. The van der Waals surface area contributed by atoms with Gasteiger partial charge in [0.15, 0.2) is 17.4 Å². The molecule has 3 heterocycles. The predicted molar refractivity (Wildman–Crippen MR) is 181 cm³/mol. The number of rotatable bonds is 8. The highest BCUT2D eigenvalue weighted by atomic mass is 19.1. The molecular formula is C38H38F4N4O5. The van der Waals surface area contributed by atoms with E-state index in [-0.39, 0.29) is 71.0 Å². The van der Waals surface area contributed by atoms with Crippen LogP contribution < -0.4 is 4.74 Å². The minimum absolute atomic E-state index is 0.0320. The number of aromatic nitrogens is 3. The Hall–Kier alpha value is -5.33. The first-order chi connectivity index (χ1) is 24.2. The van der Waals surface area contributed by atoms with Crippen molar-refractivity contribution in [2.45, 2.75) is 66.2 Å². The molecule has 9 nitrogen and oxygen atoms in total. The Bertz CT molecular complexity index is 2140. The van der Waals surface area contributed by atoms with Crippen LogP contribution in [-0.2, 0) is 27.2 Å². The molecule has 3 aromatic carbocycles. The summed E-state index contributed by atoms with van der Waals surface area (Å²) >= 11 is 0. The van der Waals surface area contributed by atoms with Crippen molar-refractivity contribution in [2.24, 2.45) is 5.92 Å². The van der Waals surface area contributed by atoms with Crippen LogP contribution in [0.25, 0.3) is 22.2 Å². The molecule has 1 aliphatic heterocycles. The number of carbonyl (C=O) groups is 2. The Balaban J connectivity index is 1.43. The number of hydrogen-bond donors (Lipinski definition) is 1. The van der Waals surface area contributed by atoms with Gasteiger partial charge in [-0.05, 0) is 70.9 Å². The van der Waals surface area contributed by atoms with E-state index in [4.69, 9.17) is 19.2 Å². The monoisotopic (exact) mass is 706 g/mol. The molecule has 51 heavy (non-hydrogen) atoms. The van der Waals surface area contributed by atoms with Crippen LogP contribution in [0.5, 0.6) is 11.5 Å². The van der Waals surface area contributed by atoms with E-state index in [0.29, 0.717) is 5.69 Å². The van der Waals surface area contributed by atoms with Gasteiger partial charge in [-0.1, -0.05) is 25.1 Å². The van der Waals surface area contributed by atoms with Gasteiger partial charge in [0, 0.05) is 47.6 Å². The molecule has 0 bridgehead atoms. The zero-order valence-corrected chi connectivity index (χ0v) is 29.1. The van der Waals surface area contributed by atoms with Crippen molar-refractivity contribution >= 4 is 23.0 Å². The number of nitrogens with one attached hydrogen (secondary N) is 1. The smallest absolute Gasteiger partial charge is 0.411 e. The number of carbonyl (C=O) groups excluding carboxylic acids is 2. The summed E-state index contributed by atoms with van der Waals surface area (Å²) in [6, 6.07) is 9.83. The molecule has 5 aromatic rings. The van der Waals surface area contributed by atoms with Gasteiger partial charge in [0.1, 0.15) is 34.9 Å². The lowest BCUT2D eigenvalue weighted by Gasteiger charge is -2.37. The zero-order chi connectivity index (χ0) is 36.8. The van der Waals surface area contributed by atoms with E-state index in [9.17, 15) is 14.0 Å². The molecule has 13 heteroatoms. The molecule has 2 unspecified atom stereocenters. The van der Waals surface area contributed by atoms with Gasteiger partial charge in [-0.3, -0.25) is 9.69 Å². The number of H-pyrrole nitrogens is 1. The van der Waals surface area contributed by atoms with Crippen molar-refractivity contribution in [3.8, 4) is 22.8 Å². The predicted octanol–water partition coefficient (Wildman–Crippen LogP) is 8.77. The molecule has 1 amide bonds. The van der Waals surface area contributed by atoms with E-state index >= 15 is 13.2 Å². The minimum Gasteiger partial charge on any atom is -0.466 e. The molecule has 0 aliphatic carbocycles. The maximum Gasteiger partial charge on any atom is 0.411 e. The number of esters is 1. The fraction of sp³-hybridized carbons (Fsp3) is 0.342. The Morgan fingerprint density at radius 1 is 1.02 bits per heavy atom. The maximum absolute atomic E-state index is 16.5. The Morgan fingerprint density at radius 2 is 1.78 bits per heavy atom. The number of imidazole rings is 1. The largest absolute Gasteiger partial charge is 0.466 e. The van der Waals surface area contributed by atoms with Crippen LogP contribution in [-0.4, -0.2) is 50.3 Å². The number of nitrogens with zero attached hydrogens (tertiary/aromatic N) is 3. The van der Waals surface area contributed by atoms with Crippen molar-refractivity contribution in [1.82, 2.24) is 19.4 Å². The standard InChI is InChI=1S/C38H38F4N4O5/c1-7-49-36(47)20(2)17-22-9-8-10-25(30(22)41)33-35-44-32(21(3)45(35)15-16-46(33)37(48)51-38(4,5)6)26-18-23(11-12-27(26)39)50-34-28(40)19-29-24(31(34)42)13-14-43-29/h8-14,18-20,33,43H,7,15-17H2,1-6H3. The molecule has 2 aromatic heterocycles. The van der Waals surface area contributed by atoms with E-state index in [2.05, 4.69) is 4.98 Å². The van der Waals surface area contributed by atoms with Crippen molar-refractivity contribution in [1.29, 1.82) is 0 Å². The van der Waals surface area contributed by atoms with Crippen LogP contribution in [0.1, 0.15) is 63.3 Å². The van der Waals surface area contributed by atoms with Crippen molar-refractivity contribution < 1.29 is 41.4 Å². The second-order valence-electron chi connectivity index (χ2n) is 13.5. The fourth-order valence-electron chi connectivity index (χ4n) is 6.34. The summed E-state index contributed by atoms with van der Waals surface area (Å²) in [6.45, 7) is 10.7. The molecule has 0 fully saturated rings. The summed E-state index contributed by atoms with van der Waals surface area (Å²) in [5.41, 5.74) is 0.380. The van der Waals surface area contributed by atoms with Crippen LogP contribution in [0.2, 0.25) is 0 Å². The van der Waals surface area contributed by atoms with E-state index in [1.807, 2.05) is 0 Å². The van der Waals surface area contributed by atoms with Gasteiger partial charge in [-0.15, -0.1) is 0 Å². The first kappa shape index (κ1) is 35.5. The Morgan fingerprint density at radius 3 is 2.51 bits per heavy atom. The number of halogens is 4. The normalized spacial score (nSPS) is 15.1. The number of benzene rings is 3. The molecule has 0 saturated heterocycles. The molecule has 2 atom stereocenters. The summed E-state index contributed by atoms with van der Waals surface area (Å²) in [6.07, 6.45) is 0.822. The summed E-state index contributed by atoms with van der Waals surface area (Å²) in [7, 11) is 0. The zero-order valence-electron chi connectivity index (χ0n) is 29.1. The van der Waals surface area contributed by atoms with E-state index in [0.717, 1.165) is 12.1 Å². The summed E-state index contributed by atoms with van der Waals surface area (Å²) in [5.74, 6) is -4.75. The Kier molecular flexibility index (Phi) is 9.58. The molecule has 6 rings (SSSR count). The molecule has 0 spiro atoms. The lowest BCUT2D eigenvalue weighted by atomic mass is 9.94. The maximum atomic E-state index is 16.5. The quantitative estimate of drug-likeness (QED) is 0.128. The highest BCUT2D eigenvalue weighted by molar-refractivity contribution is 5.82. The third-order valence-electron chi connectivity index (χ3n) is 8.73. The summed E-state index contributed by atoms with van der Waals surface area (Å²) in [5, 5.41) is 0.124. The fourth-order valence-corrected chi connectivity index (χ4v) is 6.34. The molecule has 0 radical (unpaired) electrons.